The highest BCUT2D eigenvalue weighted by Crippen LogP contribution is 2.26. The van der Waals surface area contributed by atoms with Crippen molar-refractivity contribution in [1.29, 1.82) is 0 Å². The number of ketones is 2. The van der Waals surface area contributed by atoms with E-state index < -0.39 is 23.5 Å². The highest BCUT2D eigenvalue weighted by Gasteiger charge is 2.27. The van der Waals surface area contributed by atoms with E-state index in [9.17, 15) is 19.2 Å². The Morgan fingerprint density at radius 1 is 0.533 bits per heavy atom. The van der Waals surface area contributed by atoms with Crippen molar-refractivity contribution in [3.8, 4) is 5.75 Å². The molecule has 232 valence electrons. The van der Waals surface area contributed by atoms with Gasteiger partial charge in [-0.1, -0.05) is 99.0 Å². The normalized spacial score (nSPS) is 10.8. The van der Waals surface area contributed by atoms with Crippen molar-refractivity contribution in [2.24, 2.45) is 0 Å². The Kier molecular flexibility index (Phi) is 11.9. The molecule has 0 saturated heterocycles. The van der Waals surface area contributed by atoms with Gasteiger partial charge in [-0.3, -0.25) is 9.59 Å². The van der Waals surface area contributed by atoms with Gasteiger partial charge in [0, 0.05) is 29.8 Å². The standard InChI is InChI=1S/C38H39NO6/c1-4-7-8-9-18-27-19-10-11-20-28(27)37(42)44-38(43)32-24-15-14-23-31(32)35(40)29-21-12-13-22-30(29)36(41)33-25-16-17-26-34(33)45-39(5-2)6-3/h10-17,19-26H,4-9,18H2,1-3H3. The molecule has 7 nitrogen and oxygen atoms in total. The summed E-state index contributed by atoms with van der Waals surface area (Å²) in [6, 6.07) is 26.6. The van der Waals surface area contributed by atoms with Gasteiger partial charge in [0.1, 0.15) is 0 Å². The molecule has 4 aromatic carbocycles. The van der Waals surface area contributed by atoms with Gasteiger partial charge in [0.2, 0.25) is 0 Å². The van der Waals surface area contributed by atoms with Gasteiger partial charge in [-0.05, 0) is 56.5 Å². The van der Waals surface area contributed by atoms with E-state index in [0.29, 0.717) is 36.4 Å². The Labute approximate surface area is 264 Å². The average molecular weight is 606 g/mol. The molecule has 0 N–H and O–H groups in total. The quantitative estimate of drug-likeness (QED) is 0.0447. The van der Waals surface area contributed by atoms with Crippen LogP contribution < -0.4 is 4.84 Å². The van der Waals surface area contributed by atoms with Crippen molar-refractivity contribution in [2.75, 3.05) is 13.1 Å². The lowest BCUT2D eigenvalue weighted by Gasteiger charge is -2.20. The lowest BCUT2D eigenvalue weighted by molar-refractivity contribution is -0.0491. The van der Waals surface area contributed by atoms with Crippen LogP contribution in [0.1, 0.15) is 105 Å². The lowest BCUT2D eigenvalue weighted by Crippen LogP contribution is -2.27. The van der Waals surface area contributed by atoms with Crippen LogP contribution in [-0.4, -0.2) is 41.7 Å². The van der Waals surface area contributed by atoms with Crippen LogP contribution in [0.5, 0.6) is 5.75 Å². The number of nitrogens with zero attached hydrogens (tertiary/aromatic N) is 1. The first-order chi connectivity index (χ1) is 21.9. The first-order valence-electron chi connectivity index (χ1n) is 15.5. The topological polar surface area (TPSA) is 90.0 Å². The number of carbonyl (C=O) groups excluding carboxylic acids is 4. The number of benzene rings is 4. The molecule has 0 bridgehead atoms. The Morgan fingerprint density at radius 3 is 1.60 bits per heavy atom. The number of aryl methyl sites for hydroxylation is 1. The van der Waals surface area contributed by atoms with Gasteiger partial charge in [-0.15, -0.1) is 5.06 Å². The SMILES string of the molecule is CCCCCCc1ccccc1C(=O)OC(=O)c1ccccc1C(=O)c1ccccc1C(=O)c1ccccc1ON(CC)CC. The van der Waals surface area contributed by atoms with Crippen LogP contribution in [0.25, 0.3) is 0 Å². The lowest BCUT2D eigenvalue weighted by atomic mass is 9.91. The summed E-state index contributed by atoms with van der Waals surface area (Å²) in [5, 5.41) is 1.72. The predicted octanol–water partition coefficient (Wildman–Crippen LogP) is 7.90. The van der Waals surface area contributed by atoms with Gasteiger partial charge in [-0.2, -0.15) is 0 Å². The largest absolute Gasteiger partial charge is 0.405 e. The number of rotatable bonds is 15. The van der Waals surface area contributed by atoms with Crippen LogP contribution in [0.4, 0.5) is 0 Å². The fourth-order valence-electron chi connectivity index (χ4n) is 5.13. The van der Waals surface area contributed by atoms with Crippen LogP contribution in [0.2, 0.25) is 0 Å². The maximum Gasteiger partial charge on any atom is 0.346 e. The van der Waals surface area contributed by atoms with Crippen LogP contribution in [0.3, 0.4) is 0 Å². The molecule has 0 spiro atoms. The van der Waals surface area contributed by atoms with Gasteiger partial charge in [0.05, 0.1) is 16.7 Å². The third-order valence-corrected chi connectivity index (χ3v) is 7.59. The summed E-state index contributed by atoms with van der Waals surface area (Å²) in [5.74, 6) is -2.27. The second-order valence-corrected chi connectivity index (χ2v) is 10.6. The number of hydrogen-bond donors (Lipinski definition) is 0. The smallest absolute Gasteiger partial charge is 0.346 e. The molecule has 0 radical (unpaired) electrons. The van der Waals surface area contributed by atoms with Gasteiger partial charge >= 0.3 is 11.9 Å². The van der Waals surface area contributed by atoms with Crippen LogP contribution >= 0.6 is 0 Å². The fourth-order valence-corrected chi connectivity index (χ4v) is 5.13. The second kappa shape index (κ2) is 16.3. The second-order valence-electron chi connectivity index (χ2n) is 10.6. The summed E-state index contributed by atoms with van der Waals surface area (Å²) in [6.07, 6.45) is 4.89. The molecule has 4 rings (SSSR count). The summed E-state index contributed by atoms with van der Waals surface area (Å²) < 4.78 is 5.32. The zero-order valence-corrected chi connectivity index (χ0v) is 26.1. The summed E-state index contributed by atoms with van der Waals surface area (Å²) in [4.78, 5) is 60.3. The highest BCUT2D eigenvalue weighted by molar-refractivity contribution is 6.22. The van der Waals surface area contributed by atoms with E-state index in [-0.39, 0.29) is 22.3 Å². The molecule has 0 aliphatic carbocycles. The summed E-state index contributed by atoms with van der Waals surface area (Å²) in [5.41, 5.74) is 1.68. The highest BCUT2D eigenvalue weighted by atomic mass is 16.7. The fraction of sp³-hybridized carbons (Fsp3) is 0.263. The number of ether oxygens (including phenoxy) is 1. The third kappa shape index (κ3) is 8.19. The number of hydroxylamine groups is 2. The molecule has 0 saturated carbocycles. The third-order valence-electron chi connectivity index (χ3n) is 7.59. The molecule has 0 atom stereocenters. The van der Waals surface area contributed by atoms with Gasteiger partial charge in [-0.25, -0.2) is 9.59 Å². The summed E-state index contributed by atoms with van der Waals surface area (Å²) in [6.45, 7) is 7.28. The number of carbonyl (C=O) groups is 4. The Morgan fingerprint density at radius 2 is 1.00 bits per heavy atom. The van der Waals surface area contributed by atoms with E-state index in [2.05, 4.69) is 6.92 Å². The number of hydrogen-bond acceptors (Lipinski definition) is 7. The molecule has 0 amide bonds. The minimum atomic E-state index is -0.938. The molecule has 0 aromatic heterocycles. The van der Waals surface area contributed by atoms with Crippen LogP contribution in [0.15, 0.2) is 97.1 Å². The Balaban J connectivity index is 1.61. The van der Waals surface area contributed by atoms with Crippen molar-refractivity contribution in [3.05, 3.63) is 136 Å². The minimum Gasteiger partial charge on any atom is -0.405 e. The summed E-state index contributed by atoms with van der Waals surface area (Å²) >= 11 is 0. The first-order valence-corrected chi connectivity index (χ1v) is 15.5. The Hall–Kier alpha value is -4.88. The zero-order chi connectivity index (χ0) is 32.2. The maximum absolute atomic E-state index is 14.0. The first kappa shape index (κ1) is 33.0. The van der Waals surface area contributed by atoms with Crippen molar-refractivity contribution >= 4 is 23.5 Å². The van der Waals surface area contributed by atoms with E-state index in [0.717, 1.165) is 31.2 Å². The van der Waals surface area contributed by atoms with Crippen LogP contribution in [0, 0.1) is 0 Å². The van der Waals surface area contributed by atoms with E-state index in [4.69, 9.17) is 9.57 Å². The van der Waals surface area contributed by atoms with Gasteiger partial charge in [0.25, 0.3) is 0 Å². The van der Waals surface area contributed by atoms with Gasteiger partial charge < -0.3 is 9.57 Å². The van der Waals surface area contributed by atoms with Gasteiger partial charge in [0.15, 0.2) is 17.3 Å². The monoisotopic (exact) mass is 605 g/mol. The molecule has 0 aliphatic heterocycles. The van der Waals surface area contributed by atoms with Crippen molar-refractivity contribution in [1.82, 2.24) is 5.06 Å². The van der Waals surface area contributed by atoms with E-state index in [1.807, 2.05) is 26.0 Å². The van der Waals surface area contributed by atoms with E-state index in [1.54, 1.807) is 77.9 Å². The molecule has 0 fully saturated rings. The minimum absolute atomic E-state index is 0.0241. The predicted molar refractivity (Wildman–Crippen MR) is 174 cm³/mol. The van der Waals surface area contributed by atoms with E-state index >= 15 is 0 Å². The molecule has 45 heavy (non-hydrogen) atoms. The van der Waals surface area contributed by atoms with Crippen LogP contribution in [-0.2, 0) is 11.2 Å². The molecular formula is C38H39NO6. The molecule has 7 heteroatoms. The molecule has 0 heterocycles. The number of unbranched alkanes of at least 4 members (excludes halogenated alkanes) is 3. The van der Waals surface area contributed by atoms with Crippen molar-refractivity contribution in [2.45, 2.75) is 52.9 Å². The number of para-hydroxylation sites is 1. The van der Waals surface area contributed by atoms with Crippen molar-refractivity contribution < 1.29 is 28.8 Å². The number of esters is 2. The van der Waals surface area contributed by atoms with E-state index in [1.165, 1.54) is 12.1 Å². The van der Waals surface area contributed by atoms with Crippen molar-refractivity contribution in [3.63, 3.8) is 0 Å². The zero-order valence-electron chi connectivity index (χ0n) is 26.1. The average Bonchev–Trinajstić information content (AvgIpc) is 3.08. The molecule has 0 aliphatic rings. The molecule has 0 unspecified atom stereocenters. The molecule has 4 aromatic rings. The summed E-state index contributed by atoms with van der Waals surface area (Å²) in [7, 11) is 0. The maximum atomic E-state index is 14.0. The Bertz CT molecular complexity index is 1660. The molecular weight excluding hydrogens is 566 g/mol.